The summed E-state index contributed by atoms with van der Waals surface area (Å²) in [6.07, 6.45) is -3.12. The lowest BCUT2D eigenvalue weighted by Gasteiger charge is -2.32. The van der Waals surface area contributed by atoms with Crippen LogP contribution in [0.2, 0.25) is 0 Å². The smallest absolute Gasteiger partial charge is 0.326 e. The van der Waals surface area contributed by atoms with E-state index in [-0.39, 0.29) is 33.0 Å². The highest BCUT2D eigenvalue weighted by molar-refractivity contribution is 7.92. The van der Waals surface area contributed by atoms with E-state index in [9.17, 15) is 31.2 Å². The molecule has 0 unspecified atom stereocenters. The van der Waals surface area contributed by atoms with Gasteiger partial charge in [0, 0.05) is 17.8 Å². The van der Waals surface area contributed by atoms with Gasteiger partial charge in [-0.05, 0) is 72.6 Å². The Morgan fingerprint density at radius 1 is 0.895 bits per heavy atom. The summed E-state index contributed by atoms with van der Waals surface area (Å²) in [6.45, 7) is 12.5. The molecule has 2 amide bonds. The van der Waals surface area contributed by atoms with E-state index in [1.807, 2.05) is 0 Å². The van der Waals surface area contributed by atoms with Crippen LogP contribution in [-0.4, -0.2) is 26.4 Å². The molecule has 0 aliphatic rings. The summed E-state index contributed by atoms with van der Waals surface area (Å²) in [6, 6.07) is 9.57. The number of nitrogens with one attached hydrogen (secondary N) is 4. The predicted octanol–water partition coefficient (Wildman–Crippen LogP) is 5.98. The summed E-state index contributed by atoms with van der Waals surface area (Å²) in [4.78, 5) is 23.4. The molecule has 0 saturated heterocycles. The molecule has 0 atom stereocenters. The molecule has 0 aromatic heterocycles. The third-order valence-electron chi connectivity index (χ3n) is 5.55. The molecule has 2 aromatic carbocycles. The number of anilines is 3. The number of benzene rings is 2. The number of halogens is 3. The van der Waals surface area contributed by atoms with Crippen molar-refractivity contribution in [2.24, 2.45) is 10.8 Å². The molecule has 4 N–H and O–H groups in total. The van der Waals surface area contributed by atoms with Crippen LogP contribution in [0.15, 0.2) is 47.4 Å². The van der Waals surface area contributed by atoms with Gasteiger partial charge >= 0.3 is 12.1 Å². The maximum absolute atomic E-state index is 12.9. The highest BCUT2D eigenvalue weighted by Gasteiger charge is 2.38. The number of amides is 2. The summed E-state index contributed by atoms with van der Waals surface area (Å²) in [5, 5.41) is 2.81. The largest absolute Gasteiger partial charge is 0.472 e. The van der Waals surface area contributed by atoms with E-state index >= 15 is 0 Å². The second-order valence-corrected chi connectivity index (χ2v) is 12.9. The zero-order chi connectivity index (χ0) is 28.9. The summed E-state index contributed by atoms with van der Waals surface area (Å²) in [7, 11) is -4.04. The van der Waals surface area contributed by atoms with Crippen LogP contribution in [0.1, 0.15) is 59.4 Å². The van der Waals surface area contributed by atoms with Gasteiger partial charge < -0.3 is 5.32 Å². The van der Waals surface area contributed by atoms with E-state index in [2.05, 4.69) is 50.1 Å². The van der Waals surface area contributed by atoms with Gasteiger partial charge in [0.25, 0.3) is 10.0 Å². The van der Waals surface area contributed by atoms with E-state index in [1.165, 1.54) is 41.8 Å². The molecule has 210 valence electrons. The van der Waals surface area contributed by atoms with Crippen molar-refractivity contribution in [2.45, 2.75) is 71.9 Å². The van der Waals surface area contributed by atoms with E-state index in [0.29, 0.717) is 24.1 Å². The van der Waals surface area contributed by atoms with Gasteiger partial charge in [0.15, 0.2) is 0 Å². The van der Waals surface area contributed by atoms with Crippen molar-refractivity contribution < 1.29 is 31.2 Å². The lowest BCUT2D eigenvalue weighted by molar-refractivity contribution is -0.173. The van der Waals surface area contributed by atoms with Crippen molar-refractivity contribution in [1.82, 2.24) is 5.43 Å². The van der Waals surface area contributed by atoms with Crippen molar-refractivity contribution in [3.8, 4) is 0 Å². The molecule has 0 fully saturated rings. The molecule has 0 radical (unpaired) electrons. The fraction of sp³-hybridized carbons (Fsp3) is 0.462. The van der Waals surface area contributed by atoms with Crippen LogP contribution in [-0.2, 0) is 19.6 Å². The molecule has 0 aliphatic carbocycles. The Balaban J connectivity index is 2.05. The molecule has 2 aromatic rings. The molecule has 0 bridgehead atoms. The first kappa shape index (κ1) is 30.9. The number of aryl methyl sites for hydroxylation is 1. The highest BCUT2D eigenvalue weighted by atomic mass is 32.2. The lowest BCUT2D eigenvalue weighted by Crippen LogP contribution is -2.40. The second kappa shape index (κ2) is 11.6. The maximum atomic E-state index is 12.9. The summed E-state index contributed by atoms with van der Waals surface area (Å²) in [5.41, 5.74) is 5.02. The molecule has 0 aliphatic heterocycles. The second-order valence-electron chi connectivity index (χ2n) is 11.2. The van der Waals surface area contributed by atoms with Gasteiger partial charge in [0.1, 0.15) is 0 Å². The minimum atomic E-state index is -5.04. The minimum Gasteiger partial charge on any atom is -0.326 e. The number of carbonyl (C=O) groups is 2. The first-order chi connectivity index (χ1) is 17.3. The third-order valence-corrected chi connectivity index (χ3v) is 6.93. The van der Waals surface area contributed by atoms with E-state index < -0.39 is 22.1 Å². The number of hydrogen-bond donors (Lipinski definition) is 4. The number of sulfonamides is 1. The number of alkyl halides is 3. The zero-order valence-corrected chi connectivity index (χ0v) is 23.2. The standard InChI is InChI=1S/C26H35F3N4O4S/c1-17-7-12-20(15-21(17)30-22(34)13-14-25(5,6)16-24(2,3)4)38(36,37)33-19-10-8-18(9-11-19)31-32-23(35)26(27,28)29/h7-12,15,31,33H,13-14,16H2,1-6H3,(H,30,34)(H,32,35). The van der Waals surface area contributed by atoms with Crippen LogP contribution in [0.3, 0.4) is 0 Å². The molecular weight excluding hydrogens is 521 g/mol. The van der Waals surface area contributed by atoms with E-state index in [1.54, 1.807) is 13.0 Å². The average molecular weight is 557 g/mol. The summed E-state index contributed by atoms with van der Waals surface area (Å²) >= 11 is 0. The average Bonchev–Trinajstić information content (AvgIpc) is 2.76. The van der Waals surface area contributed by atoms with Crippen LogP contribution >= 0.6 is 0 Å². The molecule has 38 heavy (non-hydrogen) atoms. The van der Waals surface area contributed by atoms with Gasteiger partial charge in [-0.15, -0.1) is 0 Å². The molecule has 8 nitrogen and oxygen atoms in total. The van der Waals surface area contributed by atoms with Gasteiger partial charge in [-0.3, -0.25) is 25.2 Å². The van der Waals surface area contributed by atoms with Crippen LogP contribution in [0.5, 0.6) is 0 Å². The maximum Gasteiger partial charge on any atom is 0.472 e. The summed E-state index contributed by atoms with van der Waals surface area (Å²) < 4.78 is 65.1. The first-order valence-corrected chi connectivity index (χ1v) is 13.4. The van der Waals surface area contributed by atoms with Gasteiger partial charge in [-0.1, -0.05) is 40.7 Å². The molecule has 0 heterocycles. The van der Waals surface area contributed by atoms with Gasteiger partial charge in [0.05, 0.1) is 10.6 Å². The van der Waals surface area contributed by atoms with Crippen molar-refractivity contribution in [2.75, 3.05) is 15.5 Å². The Morgan fingerprint density at radius 3 is 2.03 bits per heavy atom. The van der Waals surface area contributed by atoms with Gasteiger partial charge in [-0.25, -0.2) is 8.42 Å². The Bertz CT molecular complexity index is 1250. The first-order valence-electron chi connectivity index (χ1n) is 11.9. The molecule has 0 saturated carbocycles. The summed E-state index contributed by atoms with van der Waals surface area (Å²) in [5.74, 6) is -2.38. The molecular formula is C26H35F3N4O4S. The predicted molar refractivity (Wildman–Crippen MR) is 142 cm³/mol. The monoisotopic (exact) mass is 556 g/mol. The Hall–Kier alpha value is -3.28. The van der Waals surface area contributed by atoms with Crippen molar-refractivity contribution in [3.63, 3.8) is 0 Å². The fourth-order valence-corrected chi connectivity index (χ4v) is 5.21. The van der Waals surface area contributed by atoms with Crippen LogP contribution in [0, 0.1) is 17.8 Å². The van der Waals surface area contributed by atoms with Crippen molar-refractivity contribution in [1.29, 1.82) is 0 Å². The number of hydrogen-bond acceptors (Lipinski definition) is 5. The van der Waals surface area contributed by atoms with E-state index in [4.69, 9.17) is 0 Å². The molecule has 0 spiro atoms. The van der Waals surface area contributed by atoms with Crippen LogP contribution in [0.25, 0.3) is 0 Å². The van der Waals surface area contributed by atoms with Gasteiger partial charge in [-0.2, -0.15) is 13.2 Å². The van der Waals surface area contributed by atoms with Gasteiger partial charge in [0.2, 0.25) is 5.91 Å². The minimum absolute atomic E-state index is 0.0330. The SMILES string of the molecule is Cc1ccc(S(=O)(=O)Nc2ccc(NNC(=O)C(F)(F)F)cc2)cc1NC(=O)CCC(C)(C)CC(C)(C)C. The quantitative estimate of drug-likeness (QED) is 0.269. The van der Waals surface area contributed by atoms with Crippen molar-refractivity contribution >= 4 is 38.9 Å². The topological polar surface area (TPSA) is 116 Å². The van der Waals surface area contributed by atoms with Crippen LogP contribution < -0.4 is 20.9 Å². The lowest BCUT2D eigenvalue weighted by atomic mass is 9.74. The third kappa shape index (κ3) is 9.88. The molecule has 2 rings (SSSR count). The highest BCUT2D eigenvalue weighted by Crippen LogP contribution is 2.36. The Kier molecular flexibility index (Phi) is 9.47. The van der Waals surface area contributed by atoms with E-state index in [0.717, 1.165) is 6.42 Å². The number of hydrazine groups is 1. The number of carbonyl (C=O) groups excluding carboxylic acids is 2. The molecule has 12 heteroatoms. The normalized spacial score (nSPS) is 12.6. The number of rotatable bonds is 10. The van der Waals surface area contributed by atoms with Crippen molar-refractivity contribution in [3.05, 3.63) is 48.0 Å². The fourth-order valence-electron chi connectivity index (χ4n) is 4.13. The van der Waals surface area contributed by atoms with Crippen LogP contribution in [0.4, 0.5) is 30.2 Å². The zero-order valence-electron chi connectivity index (χ0n) is 22.3. The Labute approximate surface area is 221 Å². The Morgan fingerprint density at radius 2 is 1.47 bits per heavy atom.